The van der Waals surface area contributed by atoms with Crippen molar-refractivity contribution in [2.75, 3.05) is 19.0 Å². The van der Waals surface area contributed by atoms with E-state index < -0.39 is 28.5 Å². The molecule has 0 aliphatic carbocycles. The molecule has 0 radical (unpaired) electrons. The summed E-state index contributed by atoms with van der Waals surface area (Å²) in [7, 11) is 1.38. The molecule has 2 heterocycles. The lowest BCUT2D eigenvalue weighted by molar-refractivity contribution is -0.386. The van der Waals surface area contributed by atoms with E-state index in [4.69, 9.17) is 21.1 Å². The van der Waals surface area contributed by atoms with Crippen molar-refractivity contribution < 1.29 is 28.8 Å². The second-order valence-electron chi connectivity index (χ2n) is 7.88. The van der Waals surface area contributed by atoms with Gasteiger partial charge in [-0.15, -0.1) is 0 Å². The van der Waals surface area contributed by atoms with Gasteiger partial charge < -0.3 is 14.8 Å². The Morgan fingerprint density at radius 2 is 2.00 bits per heavy atom. The molecular formula is C25H19ClN4O7S. The molecule has 1 aliphatic rings. The molecule has 1 aromatic heterocycles. The van der Waals surface area contributed by atoms with Gasteiger partial charge in [0.05, 0.1) is 16.9 Å². The average Bonchev–Trinajstić information content (AvgIpc) is 3.14. The first-order valence-electron chi connectivity index (χ1n) is 10.9. The Balaban J connectivity index is 1.48. The third-order valence-electron chi connectivity index (χ3n) is 5.27. The van der Waals surface area contributed by atoms with Gasteiger partial charge in [-0.3, -0.25) is 29.4 Å². The van der Waals surface area contributed by atoms with Crippen LogP contribution in [-0.2, 0) is 9.59 Å². The van der Waals surface area contributed by atoms with Crippen LogP contribution in [0.2, 0.25) is 5.02 Å². The first-order chi connectivity index (χ1) is 18.2. The van der Waals surface area contributed by atoms with E-state index in [2.05, 4.69) is 10.3 Å². The number of hydrogen-bond acceptors (Lipinski definition) is 9. The van der Waals surface area contributed by atoms with Crippen LogP contribution in [0.25, 0.3) is 6.08 Å². The van der Waals surface area contributed by atoms with Gasteiger partial charge in [-0.2, -0.15) is 0 Å². The van der Waals surface area contributed by atoms with Gasteiger partial charge in [0, 0.05) is 23.0 Å². The molecule has 1 saturated heterocycles. The monoisotopic (exact) mass is 554 g/mol. The van der Waals surface area contributed by atoms with Gasteiger partial charge in [0.15, 0.2) is 11.5 Å². The highest BCUT2D eigenvalue weighted by molar-refractivity contribution is 8.18. The maximum atomic E-state index is 12.9. The van der Waals surface area contributed by atoms with Crippen molar-refractivity contribution in [2.45, 2.75) is 6.92 Å². The first-order valence-corrected chi connectivity index (χ1v) is 12.1. The van der Waals surface area contributed by atoms with Gasteiger partial charge in [0.1, 0.15) is 6.54 Å². The van der Waals surface area contributed by atoms with Gasteiger partial charge in [0.25, 0.3) is 17.0 Å². The largest absolute Gasteiger partial charge is 0.493 e. The molecule has 1 N–H and O–H groups in total. The minimum Gasteiger partial charge on any atom is -0.493 e. The normalized spacial score (nSPS) is 14.1. The average molecular weight is 555 g/mol. The van der Waals surface area contributed by atoms with Crippen molar-refractivity contribution in [3.8, 4) is 17.4 Å². The van der Waals surface area contributed by atoms with Crippen molar-refractivity contribution in [2.24, 2.45) is 0 Å². The summed E-state index contributed by atoms with van der Waals surface area (Å²) in [4.78, 5) is 53.2. The summed E-state index contributed by atoms with van der Waals surface area (Å²) in [6.45, 7) is 1.36. The Labute approximate surface area is 225 Å². The fraction of sp³-hybridized carbons (Fsp3) is 0.120. The number of nitro groups is 1. The summed E-state index contributed by atoms with van der Waals surface area (Å²) in [6, 6.07) is 12.3. The lowest BCUT2D eigenvalue weighted by Crippen LogP contribution is -2.36. The number of nitrogens with zero attached hydrogens (tertiary/aromatic N) is 3. The van der Waals surface area contributed by atoms with Crippen molar-refractivity contribution >= 4 is 57.9 Å². The topological polar surface area (TPSA) is 141 Å². The van der Waals surface area contributed by atoms with Crippen molar-refractivity contribution in [3.63, 3.8) is 0 Å². The van der Waals surface area contributed by atoms with E-state index in [0.29, 0.717) is 28.0 Å². The molecule has 1 aliphatic heterocycles. The van der Waals surface area contributed by atoms with Gasteiger partial charge >= 0.3 is 5.69 Å². The van der Waals surface area contributed by atoms with E-state index in [1.165, 1.54) is 43.6 Å². The molecule has 4 rings (SSSR count). The number of methoxy groups -OCH3 is 1. The van der Waals surface area contributed by atoms with Gasteiger partial charge in [-0.05, 0) is 66.2 Å². The quantitative estimate of drug-likeness (QED) is 0.219. The summed E-state index contributed by atoms with van der Waals surface area (Å²) in [6.07, 6.45) is 2.83. The Kier molecular flexibility index (Phi) is 7.93. The third kappa shape index (κ3) is 5.93. The first kappa shape index (κ1) is 26.6. The smallest absolute Gasteiger partial charge is 0.331 e. The van der Waals surface area contributed by atoms with Crippen LogP contribution in [0.15, 0.2) is 59.6 Å². The molecule has 3 aromatic rings. The molecule has 1 fully saturated rings. The number of pyridine rings is 1. The molecule has 0 saturated carbocycles. The molecule has 194 valence electrons. The van der Waals surface area contributed by atoms with Crippen LogP contribution >= 0.6 is 23.4 Å². The fourth-order valence-corrected chi connectivity index (χ4v) is 4.38. The highest BCUT2D eigenvalue weighted by Crippen LogP contribution is 2.37. The predicted molar refractivity (Wildman–Crippen MR) is 141 cm³/mol. The number of benzene rings is 2. The van der Waals surface area contributed by atoms with Crippen molar-refractivity contribution in [1.82, 2.24) is 9.88 Å². The summed E-state index contributed by atoms with van der Waals surface area (Å²) in [5.74, 6) is -1.02. The highest BCUT2D eigenvalue weighted by Gasteiger charge is 2.36. The molecule has 0 spiro atoms. The van der Waals surface area contributed by atoms with Crippen molar-refractivity contribution in [3.05, 3.63) is 85.9 Å². The van der Waals surface area contributed by atoms with Crippen LogP contribution in [-0.4, -0.2) is 45.5 Å². The van der Waals surface area contributed by atoms with E-state index in [-0.39, 0.29) is 28.0 Å². The number of anilines is 1. The Morgan fingerprint density at radius 3 is 2.71 bits per heavy atom. The molecule has 0 bridgehead atoms. The van der Waals surface area contributed by atoms with Crippen LogP contribution < -0.4 is 14.8 Å². The Hall–Kier alpha value is -4.42. The maximum Gasteiger partial charge on any atom is 0.331 e. The number of aromatic nitrogens is 1. The van der Waals surface area contributed by atoms with E-state index in [0.717, 1.165) is 10.5 Å². The molecule has 11 nitrogen and oxygen atoms in total. The van der Waals surface area contributed by atoms with Gasteiger partial charge in [0.2, 0.25) is 5.91 Å². The van der Waals surface area contributed by atoms with E-state index in [9.17, 15) is 24.5 Å². The number of nitrogens with one attached hydrogen (secondary N) is 1. The lowest BCUT2D eigenvalue weighted by atomic mass is 10.2. The van der Waals surface area contributed by atoms with Gasteiger partial charge in [-0.25, -0.2) is 4.98 Å². The summed E-state index contributed by atoms with van der Waals surface area (Å²) in [5.41, 5.74) is 1.46. The minimum atomic E-state index is -0.625. The minimum absolute atomic E-state index is 0.109. The molecule has 2 aromatic carbocycles. The number of amides is 3. The van der Waals surface area contributed by atoms with Crippen LogP contribution in [0.4, 0.5) is 16.2 Å². The molecule has 0 atom stereocenters. The van der Waals surface area contributed by atoms with E-state index in [1.807, 2.05) is 6.92 Å². The van der Waals surface area contributed by atoms with Crippen LogP contribution in [0.1, 0.15) is 11.1 Å². The van der Waals surface area contributed by atoms with Crippen LogP contribution in [0, 0.1) is 17.0 Å². The fourth-order valence-electron chi connectivity index (χ4n) is 3.36. The van der Waals surface area contributed by atoms with E-state index in [1.54, 1.807) is 24.3 Å². The van der Waals surface area contributed by atoms with Crippen molar-refractivity contribution in [1.29, 1.82) is 0 Å². The molecule has 38 heavy (non-hydrogen) atoms. The van der Waals surface area contributed by atoms with Crippen LogP contribution in [0.3, 0.4) is 0 Å². The number of carbonyl (C=O) groups is 3. The molecular weight excluding hydrogens is 536 g/mol. The summed E-state index contributed by atoms with van der Waals surface area (Å²) in [5, 5.41) is 13.7. The van der Waals surface area contributed by atoms with E-state index >= 15 is 0 Å². The zero-order chi connectivity index (χ0) is 27.4. The number of imide groups is 1. The number of thioether (sulfide) groups is 1. The number of carbonyl (C=O) groups excluding carboxylic acids is 3. The standard InChI is InChI=1S/C25H19ClN4O7S/c1-14-5-7-16(12-17(14)26)28-22(31)13-29-24(32)21(38-25(29)33)11-15-6-8-19(20(10-15)36-2)37-23-18(30(34)35)4-3-9-27-23/h3-12H,13H2,1-2H3,(H,28,31). The zero-order valence-electron chi connectivity index (χ0n) is 20.0. The predicted octanol–water partition coefficient (Wildman–Crippen LogP) is 5.43. The molecule has 3 amide bonds. The molecule has 13 heteroatoms. The SMILES string of the molecule is COc1cc(C=C2SC(=O)N(CC(=O)Nc3ccc(C)c(Cl)c3)C2=O)ccc1Oc1ncccc1[N+](=O)[O-]. The number of hydrogen-bond donors (Lipinski definition) is 1. The highest BCUT2D eigenvalue weighted by atomic mass is 35.5. The van der Waals surface area contributed by atoms with Crippen LogP contribution in [0.5, 0.6) is 17.4 Å². The zero-order valence-corrected chi connectivity index (χ0v) is 21.5. The number of halogens is 1. The number of aryl methyl sites for hydroxylation is 1. The Morgan fingerprint density at radius 1 is 1.21 bits per heavy atom. The third-order valence-corrected chi connectivity index (χ3v) is 6.59. The number of ether oxygens (including phenoxy) is 2. The summed E-state index contributed by atoms with van der Waals surface area (Å²) < 4.78 is 10.9. The summed E-state index contributed by atoms with van der Waals surface area (Å²) >= 11 is 6.77. The lowest BCUT2D eigenvalue weighted by Gasteiger charge is -2.13. The van der Waals surface area contributed by atoms with Gasteiger partial charge in [-0.1, -0.05) is 23.7 Å². The second-order valence-corrected chi connectivity index (χ2v) is 9.28. The maximum absolute atomic E-state index is 12.9. The second kappa shape index (κ2) is 11.3. The Bertz CT molecular complexity index is 1490. The molecule has 0 unspecified atom stereocenters. The number of rotatable bonds is 8.